The monoisotopic (exact) mass is 364 g/mol. The van der Waals surface area contributed by atoms with Crippen LogP contribution in [0.1, 0.15) is 29.2 Å². The minimum absolute atomic E-state index is 0. The number of nitrogens with one attached hydrogen (secondary N) is 1. The SMILES string of the molecule is Cc1nn(-c2ccccc2)c2sc(C(=O)NC(C)(C)CN)cc12.Cl. The minimum Gasteiger partial charge on any atom is -0.345 e. The summed E-state index contributed by atoms with van der Waals surface area (Å²) in [4.78, 5) is 14.1. The Kier molecular flexibility index (Phi) is 5.32. The molecule has 0 aliphatic rings. The van der Waals surface area contributed by atoms with Crippen LogP contribution in [0, 0.1) is 6.92 Å². The molecule has 0 aliphatic carbocycles. The molecule has 7 heteroatoms. The molecule has 1 amide bonds. The maximum atomic E-state index is 12.5. The number of carbonyl (C=O) groups is 1. The number of thiophene rings is 1. The van der Waals surface area contributed by atoms with Gasteiger partial charge < -0.3 is 11.1 Å². The zero-order valence-corrected chi connectivity index (χ0v) is 15.5. The number of amides is 1. The third-order valence-corrected chi connectivity index (χ3v) is 4.84. The summed E-state index contributed by atoms with van der Waals surface area (Å²) < 4.78 is 1.89. The largest absolute Gasteiger partial charge is 0.345 e. The van der Waals surface area contributed by atoms with Crippen molar-refractivity contribution < 1.29 is 4.79 Å². The summed E-state index contributed by atoms with van der Waals surface area (Å²) in [5.74, 6) is -0.0966. The third-order valence-electron chi connectivity index (χ3n) is 3.73. The van der Waals surface area contributed by atoms with Crippen LogP contribution in [-0.4, -0.2) is 27.8 Å². The standard InChI is InChI=1S/C17H20N4OS.ClH/c1-11-13-9-14(15(22)19-17(2,3)10-18)23-16(13)21(20-11)12-7-5-4-6-8-12;/h4-9H,10,18H2,1-3H3,(H,19,22);1H. The molecule has 128 valence electrons. The smallest absolute Gasteiger partial charge is 0.261 e. The summed E-state index contributed by atoms with van der Waals surface area (Å²) >= 11 is 1.45. The molecule has 3 rings (SSSR count). The van der Waals surface area contributed by atoms with Gasteiger partial charge in [0.25, 0.3) is 5.91 Å². The van der Waals surface area contributed by atoms with Gasteiger partial charge in [0.2, 0.25) is 0 Å². The number of para-hydroxylation sites is 1. The Morgan fingerprint density at radius 1 is 1.33 bits per heavy atom. The number of aryl methyl sites for hydroxylation is 1. The van der Waals surface area contributed by atoms with Gasteiger partial charge in [-0.1, -0.05) is 18.2 Å². The topological polar surface area (TPSA) is 72.9 Å². The average Bonchev–Trinajstić information content (AvgIpc) is 3.09. The normalized spacial score (nSPS) is 11.3. The highest BCUT2D eigenvalue weighted by atomic mass is 35.5. The van der Waals surface area contributed by atoms with E-state index in [4.69, 9.17) is 5.73 Å². The highest BCUT2D eigenvalue weighted by Gasteiger charge is 2.22. The van der Waals surface area contributed by atoms with E-state index in [9.17, 15) is 4.79 Å². The van der Waals surface area contributed by atoms with E-state index in [2.05, 4.69) is 10.4 Å². The first-order valence-corrected chi connectivity index (χ1v) is 8.30. The fraction of sp³-hybridized carbons (Fsp3) is 0.294. The Bertz CT molecular complexity index is 854. The molecule has 24 heavy (non-hydrogen) atoms. The average molecular weight is 365 g/mol. The van der Waals surface area contributed by atoms with Gasteiger partial charge in [-0.2, -0.15) is 5.10 Å². The van der Waals surface area contributed by atoms with E-state index in [-0.39, 0.29) is 18.3 Å². The molecule has 3 N–H and O–H groups in total. The van der Waals surface area contributed by atoms with Crippen molar-refractivity contribution in [1.29, 1.82) is 0 Å². The highest BCUT2D eigenvalue weighted by molar-refractivity contribution is 7.20. The summed E-state index contributed by atoms with van der Waals surface area (Å²) in [6, 6.07) is 11.8. The zero-order chi connectivity index (χ0) is 16.6. The molecule has 2 heterocycles. The Morgan fingerprint density at radius 3 is 2.62 bits per heavy atom. The van der Waals surface area contributed by atoms with Crippen molar-refractivity contribution in [2.45, 2.75) is 26.3 Å². The molecule has 0 aliphatic heterocycles. The lowest BCUT2D eigenvalue weighted by atomic mass is 10.1. The number of aromatic nitrogens is 2. The molecule has 0 fully saturated rings. The van der Waals surface area contributed by atoms with Gasteiger partial charge in [0.15, 0.2) is 0 Å². The second kappa shape index (κ2) is 6.93. The van der Waals surface area contributed by atoms with Crippen molar-refractivity contribution in [3.63, 3.8) is 0 Å². The quantitative estimate of drug-likeness (QED) is 0.746. The lowest BCUT2D eigenvalue weighted by Crippen LogP contribution is -2.48. The van der Waals surface area contributed by atoms with Crippen molar-refractivity contribution in [1.82, 2.24) is 15.1 Å². The van der Waals surface area contributed by atoms with Crippen LogP contribution in [0.2, 0.25) is 0 Å². The van der Waals surface area contributed by atoms with Crippen molar-refractivity contribution >= 4 is 39.9 Å². The number of nitrogens with two attached hydrogens (primary N) is 1. The van der Waals surface area contributed by atoms with Crippen LogP contribution in [0.15, 0.2) is 36.4 Å². The van der Waals surface area contributed by atoms with Gasteiger partial charge in [0.1, 0.15) is 4.83 Å². The fourth-order valence-electron chi connectivity index (χ4n) is 2.32. The van der Waals surface area contributed by atoms with E-state index in [1.165, 1.54) is 11.3 Å². The number of halogens is 1. The lowest BCUT2D eigenvalue weighted by molar-refractivity contribution is 0.0920. The third kappa shape index (κ3) is 3.45. The number of hydrogen-bond donors (Lipinski definition) is 2. The molecule has 1 aromatic carbocycles. The Hall–Kier alpha value is -1.89. The molecule has 0 atom stereocenters. The summed E-state index contributed by atoms with van der Waals surface area (Å²) in [6.45, 7) is 6.17. The lowest BCUT2D eigenvalue weighted by Gasteiger charge is -2.23. The van der Waals surface area contributed by atoms with Gasteiger partial charge in [0, 0.05) is 17.5 Å². The maximum Gasteiger partial charge on any atom is 0.261 e. The molecular formula is C17H21ClN4OS. The molecule has 0 radical (unpaired) electrons. The van der Waals surface area contributed by atoms with E-state index < -0.39 is 5.54 Å². The second-order valence-electron chi connectivity index (χ2n) is 6.20. The molecule has 0 unspecified atom stereocenters. The second-order valence-corrected chi connectivity index (χ2v) is 7.24. The molecule has 5 nitrogen and oxygen atoms in total. The first-order chi connectivity index (χ1) is 10.9. The molecule has 0 bridgehead atoms. The van der Waals surface area contributed by atoms with Crippen LogP contribution >= 0.6 is 23.7 Å². The summed E-state index contributed by atoms with van der Waals surface area (Å²) in [7, 11) is 0. The van der Waals surface area contributed by atoms with E-state index >= 15 is 0 Å². The van der Waals surface area contributed by atoms with Crippen LogP contribution in [0.5, 0.6) is 0 Å². The van der Waals surface area contributed by atoms with Crippen LogP contribution in [0.3, 0.4) is 0 Å². The van der Waals surface area contributed by atoms with Crippen LogP contribution in [0.4, 0.5) is 0 Å². The van der Waals surface area contributed by atoms with Gasteiger partial charge >= 0.3 is 0 Å². The molecular weight excluding hydrogens is 344 g/mol. The predicted molar refractivity (Wildman–Crippen MR) is 102 cm³/mol. The van der Waals surface area contributed by atoms with Crippen LogP contribution in [-0.2, 0) is 0 Å². The van der Waals surface area contributed by atoms with E-state index in [0.717, 1.165) is 21.6 Å². The number of fused-ring (bicyclic) bond motifs is 1. The predicted octanol–water partition coefficient (Wildman–Crippen LogP) is 3.28. The van der Waals surface area contributed by atoms with Crippen molar-refractivity contribution in [3.8, 4) is 5.69 Å². The summed E-state index contributed by atoms with van der Waals surface area (Å²) in [5, 5.41) is 8.56. The molecule has 3 aromatic rings. The zero-order valence-electron chi connectivity index (χ0n) is 13.9. The Morgan fingerprint density at radius 2 is 2.00 bits per heavy atom. The number of benzene rings is 1. The van der Waals surface area contributed by atoms with Gasteiger partial charge in [-0.15, -0.1) is 23.7 Å². The first kappa shape index (κ1) is 18.4. The number of carbonyl (C=O) groups excluding carboxylic acids is 1. The molecule has 0 saturated carbocycles. The van der Waals surface area contributed by atoms with E-state index in [1.807, 2.05) is 61.9 Å². The fourth-order valence-corrected chi connectivity index (χ4v) is 3.40. The van der Waals surface area contributed by atoms with Gasteiger partial charge in [-0.3, -0.25) is 4.79 Å². The molecule has 0 saturated heterocycles. The van der Waals surface area contributed by atoms with Gasteiger partial charge in [-0.25, -0.2) is 4.68 Å². The minimum atomic E-state index is -0.423. The van der Waals surface area contributed by atoms with Gasteiger partial charge in [0.05, 0.1) is 16.3 Å². The highest BCUT2D eigenvalue weighted by Crippen LogP contribution is 2.30. The molecule has 2 aromatic heterocycles. The number of hydrogen-bond acceptors (Lipinski definition) is 4. The van der Waals surface area contributed by atoms with E-state index in [0.29, 0.717) is 11.4 Å². The van der Waals surface area contributed by atoms with Crippen LogP contribution < -0.4 is 11.1 Å². The van der Waals surface area contributed by atoms with E-state index in [1.54, 1.807) is 0 Å². The van der Waals surface area contributed by atoms with Crippen molar-refractivity contribution in [2.24, 2.45) is 5.73 Å². The summed E-state index contributed by atoms with van der Waals surface area (Å²) in [5.41, 5.74) is 7.17. The maximum absolute atomic E-state index is 12.5. The molecule has 0 spiro atoms. The van der Waals surface area contributed by atoms with Crippen molar-refractivity contribution in [3.05, 3.63) is 47.0 Å². The van der Waals surface area contributed by atoms with Crippen molar-refractivity contribution in [2.75, 3.05) is 6.54 Å². The summed E-state index contributed by atoms with van der Waals surface area (Å²) in [6.07, 6.45) is 0. The number of rotatable bonds is 4. The Labute approximate surface area is 151 Å². The first-order valence-electron chi connectivity index (χ1n) is 7.48. The number of nitrogens with zero attached hydrogens (tertiary/aromatic N) is 2. The van der Waals surface area contributed by atoms with Gasteiger partial charge in [-0.05, 0) is 39.0 Å². The Balaban J connectivity index is 0.00000208. The van der Waals surface area contributed by atoms with Crippen LogP contribution in [0.25, 0.3) is 15.9 Å².